The number of hydrogen-bond donors (Lipinski definition) is 1. The molecule has 1 N–H and O–H groups in total. The summed E-state index contributed by atoms with van der Waals surface area (Å²) in [4.78, 5) is 0. The summed E-state index contributed by atoms with van der Waals surface area (Å²) in [7, 11) is 2.10. The fraction of sp³-hybridized carbons (Fsp3) is 1.00. The molecule has 1 nitrogen and oxygen atoms in total. The van der Waals surface area contributed by atoms with E-state index in [1.807, 2.05) is 0 Å². The summed E-state index contributed by atoms with van der Waals surface area (Å²) in [5.41, 5.74) is 0. The topological polar surface area (TPSA) is 20.2 Å². The zero-order valence-corrected chi connectivity index (χ0v) is 11.8. The summed E-state index contributed by atoms with van der Waals surface area (Å²) in [5.74, 6) is 0.983. The minimum absolute atomic E-state index is 0.0596. The Labute approximate surface area is 90.9 Å². The Morgan fingerprint density at radius 2 is 1.69 bits per heavy atom. The molecular formula is C10H23AsOS. The van der Waals surface area contributed by atoms with Crippen molar-refractivity contribution in [2.24, 2.45) is 0 Å². The van der Waals surface area contributed by atoms with Gasteiger partial charge >= 0.3 is 90.9 Å². The van der Waals surface area contributed by atoms with Gasteiger partial charge in [0, 0.05) is 0 Å². The summed E-state index contributed by atoms with van der Waals surface area (Å²) in [6, 6.07) is 0. The average molecular weight is 266 g/mol. The van der Waals surface area contributed by atoms with Gasteiger partial charge < -0.3 is 0 Å². The van der Waals surface area contributed by atoms with Crippen molar-refractivity contribution < 1.29 is 5.11 Å². The molecule has 0 aliphatic carbocycles. The number of hydrogen-bond acceptors (Lipinski definition) is 2. The Morgan fingerprint density at radius 3 is 2.08 bits per heavy atom. The Morgan fingerprint density at radius 1 is 1.15 bits per heavy atom. The van der Waals surface area contributed by atoms with E-state index in [1.54, 1.807) is 0 Å². The van der Waals surface area contributed by atoms with Gasteiger partial charge in [0.15, 0.2) is 0 Å². The molecule has 1 unspecified atom stereocenters. The molecule has 0 aliphatic rings. The molecule has 0 saturated heterocycles. The van der Waals surface area contributed by atoms with Crippen LogP contribution in [0.5, 0.6) is 0 Å². The third-order valence-corrected chi connectivity index (χ3v) is 11.9. The molecule has 0 radical (unpaired) electrons. The van der Waals surface area contributed by atoms with Crippen LogP contribution < -0.4 is 0 Å². The summed E-state index contributed by atoms with van der Waals surface area (Å²) in [6.45, 7) is 6.60. The van der Waals surface area contributed by atoms with Gasteiger partial charge in [0.1, 0.15) is 0 Å². The van der Waals surface area contributed by atoms with E-state index in [1.165, 1.54) is 23.3 Å². The van der Waals surface area contributed by atoms with Crippen molar-refractivity contribution in [3.63, 3.8) is 0 Å². The van der Waals surface area contributed by atoms with E-state index >= 15 is 0 Å². The second-order valence-electron chi connectivity index (χ2n) is 3.29. The standard InChI is InChI=1S/C10H23AsOS/c1-4-7-11(8-5-2)13-9-10(12)6-3/h10,12H,4-9H2,1-3H3. The monoisotopic (exact) mass is 266 g/mol. The number of aliphatic hydroxyl groups is 1. The van der Waals surface area contributed by atoms with Crippen molar-refractivity contribution in [2.45, 2.75) is 56.6 Å². The first-order chi connectivity index (χ1) is 6.24. The van der Waals surface area contributed by atoms with Crippen LogP contribution in [0.4, 0.5) is 0 Å². The predicted molar refractivity (Wildman–Crippen MR) is 64.7 cm³/mol. The summed E-state index contributed by atoms with van der Waals surface area (Å²) >= 11 is -0.613. The zero-order chi connectivity index (χ0) is 10.1. The molecule has 0 aromatic heterocycles. The summed E-state index contributed by atoms with van der Waals surface area (Å²) in [6.07, 6.45) is 3.51. The van der Waals surface area contributed by atoms with E-state index in [2.05, 4.69) is 30.8 Å². The van der Waals surface area contributed by atoms with Crippen molar-refractivity contribution in [3.05, 3.63) is 0 Å². The van der Waals surface area contributed by atoms with Crippen LogP contribution in [0.15, 0.2) is 0 Å². The predicted octanol–water partition coefficient (Wildman–Crippen LogP) is 3.30. The van der Waals surface area contributed by atoms with Gasteiger partial charge in [-0.05, 0) is 0 Å². The van der Waals surface area contributed by atoms with E-state index in [0.29, 0.717) is 0 Å². The molecule has 0 aromatic rings. The van der Waals surface area contributed by atoms with Crippen LogP contribution in [0.2, 0.25) is 10.4 Å². The van der Waals surface area contributed by atoms with Crippen LogP contribution in [0.1, 0.15) is 40.0 Å². The van der Waals surface area contributed by atoms with E-state index < -0.39 is 13.5 Å². The Balaban J connectivity index is 3.55. The Kier molecular flexibility index (Phi) is 10.1. The maximum atomic E-state index is 9.45. The van der Waals surface area contributed by atoms with Crippen molar-refractivity contribution in [3.8, 4) is 0 Å². The van der Waals surface area contributed by atoms with Crippen molar-refractivity contribution in [1.82, 2.24) is 0 Å². The summed E-state index contributed by atoms with van der Waals surface area (Å²) in [5, 5.41) is 12.3. The molecule has 0 bridgehead atoms. The molecule has 0 heterocycles. The molecule has 3 heteroatoms. The molecule has 80 valence electrons. The van der Waals surface area contributed by atoms with Crippen LogP contribution in [-0.4, -0.2) is 30.5 Å². The first-order valence-corrected chi connectivity index (χ1v) is 11.2. The molecule has 13 heavy (non-hydrogen) atoms. The van der Waals surface area contributed by atoms with Crippen molar-refractivity contribution in [2.75, 3.05) is 5.75 Å². The quantitative estimate of drug-likeness (QED) is 0.680. The fourth-order valence-corrected chi connectivity index (χ4v) is 10.4. The Hall–Kier alpha value is 0.868. The SMILES string of the molecule is CCC[As](CCC)SCC(O)CC. The molecule has 0 amide bonds. The molecule has 0 fully saturated rings. The number of rotatable bonds is 8. The van der Waals surface area contributed by atoms with Crippen LogP contribution in [0.3, 0.4) is 0 Å². The van der Waals surface area contributed by atoms with Crippen LogP contribution >= 0.6 is 10.0 Å². The second-order valence-corrected chi connectivity index (χ2v) is 12.1. The van der Waals surface area contributed by atoms with Crippen molar-refractivity contribution in [1.29, 1.82) is 0 Å². The van der Waals surface area contributed by atoms with E-state index in [0.717, 1.165) is 12.2 Å². The third-order valence-electron chi connectivity index (χ3n) is 1.87. The van der Waals surface area contributed by atoms with Gasteiger partial charge in [0.25, 0.3) is 0 Å². The normalized spacial score (nSPS) is 13.6. The van der Waals surface area contributed by atoms with Gasteiger partial charge in [-0.2, -0.15) is 0 Å². The Bertz CT molecular complexity index is 105. The van der Waals surface area contributed by atoms with E-state index in [4.69, 9.17) is 0 Å². The third kappa shape index (κ3) is 7.90. The van der Waals surface area contributed by atoms with Crippen LogP contribution in [0, 0.1) is 0 Å². The maximum absolute atomic E-state index is 9.45. The molecule has 0 spiro atoms. The van der Waals surface area contributed by atoms with Gasteiger partial charge in [0.2, 0.25) is 0 Å². The van der Waals surface area contributed by atoms with Gasteiger partial charge in [0.05, 0.1) is 0 Å². The van der Waals surface area contributed by atoms with Gasteiger partial charge in [-0.15, -0.1) is 0 Å². The second kappa shape index (κ2) is 9.42. The first kappa shape index (κ1) is 13.9. The molecule has 0 aliphatic heterocycles. The van der Waals surface area contributed by atoms with Gasteiger partial charge in [-0.1, -0.05) is 0 Å². The van der Waals surface area contributed by atoms with Gasteiger partial charge in [-0.25, -0.2) is 0 Å². The molecule has 0 rings (SSSR count). The molecule has 0 aromatic carbocycles. The molecule has 0 saturated carbocycles. The number of aliphatic hydroxyl groups excluding tert-OH is 1. The van der Waals surface area contributed by atoms with Gasteiger partial charge in [-0.3, -0.25) is 0 Å². The average Bonchev–Trinajstić information content (AvgIpc) is 2.14. The van der Waals surface area contributed by atoms with Crippen LogP contribution in [-0.2, 0) is 0 Å². The molecular weight excluding hydrogens is 243 g/mol. The zero-order valence-electron chi connectivity index (χ0n) is 9.12. The summed E-state index contributed by atoms with van der Waals surface area (Å²) < 4.78 is 0. The fourth-order valence-electron chi connectivity index (χ4n) is 1.05. The first-order valence-electron chi connectivity index (χ1n) is 5.30. The van der Waals surface area contributed by atoms with E-state index in [-0.39, 0.29) is 6.10 Å². The minimum atomic E-state index is -0.613. The van der Waals surface area contributed by atoms with Crippen LogP contribution in [0.25, 0.3) is 0 Å². The van der Waals surface area contributed by atoms with E-state index in [9.17, 15) is 5.11 Å². The molecule has 1 atom stereocenters. The van der Waals surface area contributed by atoms with Crippen molar-refractivity contribution >= 4 is 23.5 Å².